The van der Waals surface area contributed by atoms with Crippen molar-refractivity contribution in [1.82, 2.24) is 0 Å². The highest BCUT2D eigenvalue weighted by Crippen LogP contribution is 2.13. The molecule has 0 aromatic heterocycles. The van der Waals surface area contributed by atoms with Crippen LogP contribution in [-0.4, -0.2) is 22.2 Å². The molecule has 2 N–H and O–H groups in total. The number of rotatable bonds is 30. The van der Waals surface area contributed by atoms with E-state index in [0.717, 1.165) is 25.7 Å². The van der Waals surface area contributed by atoms with Gasteiger partial charge in [0.15, 0.2) is 0 Å². The summed E-state index contributed by atoms with van der Waals surface area (Å²) in [6.07, 6.45) is 42.8. The summed E-state index contributed by atoms with van der Waals surface area (Å²) in [4.78, 5) is 20.6. The summed E-state index contributed by atoms with van der Waals surface area (Å²) in [5, 5.41) is 16.9. The van der Waals surface area contributed by atoms with Crippen LogP contribution >= 0.6 is 0 Å². The first-order chi connectivity index (χ1) is 19.5. The zero-order chi connectivity index (χ0) is 29.8. The van der Waals surface area contributed by atoms with E-state index in [1.165, 1.54) is 154 Å². The monoisotopic (exact) mass is 565 g/mol. The highest BCUT2D eigenvalue weighted by molar-refractivity contribution is 5.79. The average Bonchev–Trinajstić information content (AvgIpc) is 2.93. The fourth-order valence-electron chi connectivity index (χ4n) is 4.81. The molecule has 0 bridgehead atoms. The van der Waals surface area contributed by atoms with Crippen LogP contribution < -0.4 is 0 Å². The predicted molar refractivity (Wildman–Crippen MR) is 174 cm³/mol. The molecule has 0 aliphatic rings. The molecule has 0 aliphatic carbocycles. The fourth-order valence-corrected chi connectivity index (χ4v) is 4.81. The van der Waals surface area contributed by atoms with Gasteiger partial charge in [-0.1, -0.05) is 160 Å². The van der Waals surface area contributed by atoms with E-state index >= 15 is 0 Å². The summed E-state index contributed by atoms with van der Waals surface area (Å²) in [6, 6.07) is 0. The lowest BCUT2D eigenvalue weighted by Crippen LogP contribution is -1.93. The number of hydrogen-bond donors (Lipinski definition) is 2. The van der Waals surface area contributed by atoms with Crippen molar-refractivity contribution in [1.29, 1.82) is 0 Å². The Morgan fingerprint density at radius 2 is 0.725 bits per heavy atom. The number of carbonyl (C=O) groups is 2. The number of carboxylic acid groups (broad SMARTS) is 2. The van der Waals surface area contributed by atoms with E-state index in [9.17, 15) is 9.59 Å². The first-order valence-electron chi connectivity index (χ1n) is 17.3. The van der Waals surface area contributed by atoms with Crippen molar-refractivity contribution in [2.24, 2.45) is 0 Å². The quantitative estimate of drug-likeness (QED) is 0.0517. The fraction of sp³-hybridized carbons (Fsp3) is 0.833. The first kappa shape index (κ1) is 40.6. The van der Waals surface area contributed by atoms with Crippen molar-refractivity contribution in [3.8, 4) is 0 Å². The first-order valence-corrected chi connectivity index (χ1v) is 17.3. The highest BCUT2D eigenvalue weighted by atomic mass is 16.4. The van der Waals surface area contributed by atoms with Gasteiger partial charge in [0, 0.05) is 12.5 Å². The van der Waals surface area contributed by atoms with E-state index in [0.29, 0.717) is 6.42 Å². The third-order valence-electron chi connectivity index (χ3n) is 7.39. The van der Waals surface area contributed by atoms with Crippen LogP contribution in [0, 0.1) is 0 Å². The van der Waals surface area contributed by atoms with Gasteiger partial charge in [-0.05, 0) is 44.9 Å². The standard InChI is InChI=1S/2C18H34O2/c2*1-2-3-4-5-6-7-8-9-10-11-12-13-14-15-16-17-18(19)20/h16-17H,2-15H2,1H3,(H,19,20);9-10H,2-8,11-17H2,1H3,(H,19,20)/b;10-9-. The molecule has 0 unspecified atom stereocenters. The second kappa shape index (κ2) is 37.4. The van der Waals surface area contributed by atoms with Gasteiger partial charge in [0.1, 0.15) is 0 Å². The highest BCUT2D eigenvalue weighted by Gasteiger charge is 1.96. The van der Waals surface area contributed by atoms with E-state index in [-0.39, 0.29) is 0 Å². The van der Waals surface area contributed by atoms with Crippen LogP contribution in [-0.2, 0) is 9.59 Å². The van der Waals surface area contributed by atoms with Crippen molar-refractivity contribution in [3.63, 3.8) is 0 Å². The summed E-state index contributed by atoms with van der Waals surface area (Å²) in [6.45, 7) is 4.53. The molecule has 0 atom stereocenters. The minimum Gasteiger partial charge on any atom is -0.481 e. The maximum atomic E-state index is 10.3. The van der Waals surface area contributed by atoms with Crippen molar-refractivity contribution in [2.75, 3.05) is 0 Å². The summed E-state index contributed by atoms with van der Waals surface area (Å²) in [7, 11) is 0. The summed E-state index contributed by atoms with van der Waals surface area (Å²) >= 11 is 0. The Kier molecular flexibility index (Phi) is 37.9. The van der Waals surface area contributed by atoms with Crippen LogP contribution in [0.1, 0.15) is 194 Å². The second-order valence-electron chi connectivity index (χ2n) is 11.5. The molecule has 0 heterocycles. The minimum atomic E-state index is -0.834. The summed E-state index contributed by atoms with van der Waals surface area (Å²) < 4.78 is 0. The second-order valence-corrected chi connectivity index (χ2v) is 11.5. The Balaban J connectivity index is 0. The zero-order valence-corrected chi connectivity index (χ0v) is 26.8. The third-order valence-corrected chi connectivity index (χ3v) is 7.39. The van der Waals surface area contributed by atoms with E-state index in [1.54, 1.807) is 6.08 Å². The molecule has 0 radical (unpaired) electrons. The molecule has 236 valence electrons. The number of carboxylic acids is 2. The largest absolute Gasteiger partial charge is 0.481 e. The Morgan fingerprint density at radius 3 is 1.05 bits per heavy atom. The summed E-state index contributed by atoms with van der Waals surface area (Å²) in [5.41, 5.74) is 0. The molecule has 0 aromatic rings. The number of allylic oxidation sites excluding steroid dienone is 3. The van der Waals surface area contributed by atoms with E-state index in [1.807, 2.05) is 0 Å². The molecule has 0 saturated carbocycles. The Labute approximate surface area is 249 Å². The lowest BCUT2D eigenvalue weighted by atomic mass is 10.0. The van der Waals surface area contributed by atoms with Crippen LogP contribution in [0.4, 0.5) is 0 Å². The van der Waals surface area contributed by atoms with Gasteiger partial charge in [0.25, 0.3) is 0 Å². The van der Waals surface area contributed by atoms with Gasteiger partial charge in [-0.2, -0.15) is 0 Å². The van der Waals surface area contributed by atoms with Gasteiger partial charge in [0.2, 0.25) is 0 Å². The van der Waals surface area contributed by atoms with Crippen molar-refractivity contribution in [2.45, 2.75) is 194 Å². The van der Waals surface area contributed by atoms with Gasteiger partial charge in [-0.15, -0.1) is 0 Å². The van der Waals surface area contributed by atoms with Crippen LogP contribution in [0.2, 0.25) is 0 Å². The topological polar surface area (TPSA) is 74.6 Å². The normalized spacial score (nSPS) is 11.2. The lowest BCUT2D eigenvalue weighted by molar-refractivity contribution is -0.137. The molecular formula is C36H68O4. The zero-order valence-electron chi connectivity index (χ0n) is 26.8. The summed E-state index contributed by atoms with van der Waals surface area (Å²) in [5.74, 6) is -1.50. The maximum Gasteiger partial charge on any atom is 0.327 e. The number of unbranched alkanes of at least 4 members (excludes halogenated alkanes) is 24. The molecular weight excluding hydrogens is 496 g/mol. The molecule has 0 spiro atoms. The van der Waals surface area contributed by atoms with Crippen LogP contribution in [0.5, 0.6) is 0 Å². The van der Waals surface area contributed by atoms with Crippen molar-refractivity contribution in [3.05, 3.63) is 24.3 Å². The molecule has 0 fully saturated rings. The Hall–Kier alpha value is -1.58. The van der Waals surface area contributed by atoms with E-state index in [4.69, 9.17) is 10.2 Å². The van der Waals surface area contributed by atoms with E-state index in [2.05, 4.69) is 26.0 Å². The van der Waals surface area contributed by atoms with Gasteiger partial charge in [-0.25, -0.2) is 4.79 Å². The minimum absolute atomic E-state index is 0.332. The smallest absolute Gasteiger partial charge is 0.327 e. The predicted octanol–water partition coefficient (Wildman–Crippen LogP) is 12.2. The molecule has 0 rings (SSSR count). The van der Waals surface area contributed by atoms with Crippen LogP contribution in [0.15, 0.2) is 24.3 Å². The molecule has 0 aliphatic heterocycles. The molecule has 0 aromatic carbocycles. The van der Waals surface area contributed by atoms with Gasteiger partial charge < -0.3 is 10.2 Å². The van der Waals surface area contributed by atoms with Gasteiger partial charge in [-0.3, -0.25) is 4.79 Å². The van der Waals surface area contributed by atoms with Gasteiger partial charge in [0.05, 0.1) is 0 Å². The lowest BCUT2D eigenvalue weighted by Gasteiger charge is -2.02. The van der Waals surface area contributed by atoms with Crippen LogP contribution in [0.3, 0.4) is 0 Å². The average molecular weight is 565 g/mol. The van der Waals surface area contributed by atoms with Crippen LogP contribution in [0.25, 0.3) is 0 Å². The SMILES string of the molecule is CCCCCCCC/C=C\CCCCCCCC(=O)O.CCCCCCCCCCCCCCCC=CC(=O)O. The molecule has 4 heteroatoms. The maximum absolute atomic E-state index is 10.3. The molecule has 0 amide bonds. The molecule has 40 heavy (non-hydrogen) atoms. The Morgan fingerprint density at radius 1 is 0.425 bits per heavy atom. The third kappa shape index (κ3) is 43.5. The molecule has 4 nitrogen and oxygen atoms in total. The van der Waals surface area contributed by atoms with Crippen molar-refractivity contribution >= 4 is 11.9 Å². The Bertz CT molecular complexity index is 567. The molecule has 0 saturated heterocycles. The van der Waals surface area contributed by atoms with Crippen molar-refractivity contribution < 1.29 is 19.8 Å². The number of aliphatic carboxylic acids is 2. The van der Waals surface area contributed by atoms with E-state index < -0.39 is 11.9 Å². The number of hydrogen-bond acceptors (Lipinski definition) is 2. The van der Waals surface area contributed by atoms with Gasteiger partial charge >= 0.3 is 11.9 Å².